The number of nitrogens with one attached hydrogen (secondary N) is 1. The van der Waals surface area contributed by atoms with Gasteiger partial charge in [-0.3, -0.25) is 0 Å². The molecule has 0 saturated heterocycles. The van der Waals surface area contributed by atoms with Gasteiger partial charge >= 0.3 is 0 Å². The van der Waals surface area contributed by atoms with Crippen LogP contribution in [0.4, 0.5) is 4.39 Å². The van der Waals surface area contributed by atoms with E-state index < -0.39 is 0 Å². The lowest BCUT2D eigenvalue weighted by molar-refractivity contribution is 0.390. The Morgan fingerprint density at radius 2 is 2.06 bits per heavy atom. The number of hydrogen-bond acceptors (Lipinski definition) is 1. The first-order chi connectivity index (χ1) is 7.72. The molecule has 1 unspecified atom stereocenters. The van der Waals surface area contributed by atoms with Gasteiger partial charge in [0, 0.05) is 11.1 Å². The maximum Gasteiger partial charge on any atom is 0.124 e. The van der Waals surface area contributed by atoms with Crippen LogP contribution in [0.2, 0.25) is 5.02 Å². The van der Waals surface area contributed by atoms with Crippen molar-refractivity contribution >= 4 is 11.6 Å². The maximum atomic E-state index is 13.0. The quantitative estimate of drug-likeness (QED) is 0.846. The van der Waals surface area contributed by atoms with E-state index in [0.29, 0.717) is 10.9 Å². The minimum atomic E-state index is -0.268. The molecule has 1 aromatic rings. The van der Waals surface area contributed by atoms with Crippen molar-refractivity contribution in [1.29, 1.82) is 0 Å². The zero-order chi connectivity index (χ0) is 11.5. The normalized spacial score (nSPS) is 18.9. The van der Waals surface area contributed by atoms with Crippen molar-refractivity contribution in [2.45, 2.75) is 31.7 Å². The zero-order valence-corrected chi connectivity index (χ0v) is 10.2. The number of benzene rings is 1. The molecule has 0 bridgehead atoms. The molecule has 3 heteroatoms. The third-order valence-corrected chi connectivity index (χ3v) is 3.81. The molecule has 1 fully saturated rings. The van der Waals surface area contributed by atoms with Crippen LogP contribution in [0.5, 0.6) is 0 Å². The second-order valence-corrected chi connectivity index (χ2v) is 4.88. The van der Waals surface area contributed by atoms with Gasteiger partial charge in [-0.25, -0.2) is 4.39 Å². The first-order valence-corrected chi connectivity index (χ1v) is 6.22. The summed E-state index contributed by atoms with van der Waals surface area (Å²) >= 11 is 6.10. The van der Waals surface area contributed by atoms with Gasteiger partial charge in [0.25, 0.3) is 0 Å². The van der Waals surface area contributed by atoms with E-state index in [1.165, 1.54) is 37.8 Å². The maximum absolute atomic E-state index is 13.0. The standard InChI is InChI=1S/C13H17ClFN/c1-16-13(9-4-2-3-5-9)11-7-6-10(15)8-12(11)14/h6-9,13,16H,2-5H2,1H3. The molecule has 1 nitrogen and oxygen atoms in total. The predicted molar refractivity (Wildman–Crippen MR) is 65.2 cm³/mol. The molecule has 1 atom stereocenters. The van der Waals surface area contributed by atoms with E-state index in [0.717, 1.165) is 5.56 Å². The summed E-state index contributed by atoms with van der Waals surface area (Å²) < 4.78 is 13.0. The van der Waals surface area contributed by atoms with Crippen LogP contribution in [-0.4, -0.2) is 7.05 Å². The topological polar surface area (TPSA) is 12.0 Å². The minimum Gasteiger partial charge on any atom is -0.313 e. The van der Waals surface area contributed by atoms with Crippen molar-refractivity contribution in [2.75, 3.05) is 7.05 Å². The largest absolute Gasteiger partial charge is 0.313 e. The highest BCUT2D eigenvalue weighted by atomic mass is 35.5. The van der Waals surface area contributed by atoms with Crippen molar-refractivity contribution < 1.29 is 4.39 Å². The van der Waals surface area contributed by atoms with E-state index in [1.807, 2.05) is 7.05 Å². The molecule has 0 amide bonds. The molecule has 1 aliphatic carbocycles. The fourth-order valence-corrected chi connectivity index (χ4v) is 2.97. The summed E-state index contributed by atoms with van der Waals surface area (Å²) in [5.41, 5.74) is 1.03. The molecule has 1 aromatic carbocycles. The van der Waals surface area contributed by atoms with Gasteiger partial charge in [-0.1, -0.05) is 30.5 Å². The first kappa shape index (κ1) is 11.9. The van der Waals surface area contributed by atoms with Gasteiger partial charge in [0.2, 0.25) is 0 Å². The summed E-state index contributed by atoms with van der Waals surface area (Å²) in [6.07, 6.45) is 5.06. The molecular formula is C13H17ClFN. The smallest absolute Gasteiger partial charge is 0.124 e. The van der Waals surface area contributed by atoms with Crippen molar-refractivity contribution in [3.8, 4) is 0 Å². The van der Waals surface area contributed by atoms with Crippen LogP contribution in [0.3, 0.4) is 0 Å². The highest BCUT2D eigenvalue weighted by Gasteiger charge is 2.26. The van der Waals surface area contributed by atoms with Crippen molar-refractivity contribution in [3.05, 3.63) is 34.6 Å². The molecule has 0 spiro atoms. The van der Waals surface area contributed by atoms with E-state index in [9.17, 15) is 4.39 Å². The van der Waals surface area contributed by atoms with Gasteiger partial charge in [0.1, 0.15) is 5.82 Å². The highest BCUT2D eigenvalue weighted by Crippen LogP contribution is 2.37. The summed E-state index contributed by atoms with van der Waals surface area (Å²) in [7, 11) is 1.95. The van der Waals surface area contributed by atoms with E-state index >= 15 is 0 Å². The number of halogens is 2. The van der Waals surface area contributed by atoms with Crippen LogP contribution in [0.15, 0.2) is 18.2 Å². The van der Waals surface area contributed by atoms with Crippen molar-refractivity contribution in [3.63, 3.8) is 0 Å². The van der Waals surface area contributed by atoms with Crippen LogP contribution >= 0.6 is 11.6 Å². The Balaban J connectivity index is 2.25. The average Bonchev–Trinajstić information content (AvgIpc) is 2.75. The zero-order valence-electron chi connectivity index (χ0n) is 9.47. The van der Waals surface area contributed by atoms with E-state index in [2.05, 4.69) is 5.32 Å². The molecule has 88 valence electrons. The van der Waals surface area contributed by atoms with Crippen LogP contribution in [0.25, 0.3) is 0 Å². The van der Waals surface area contributed by atoms with Crippen LogP contribution < -0.4 is 5.32 Å². The molecule has 1 aliphatic rings. The molecule has 16 heavy (non-hydrogen) atoms. The third-order valence-electron chi connectivity index (χ3n) is 3.48. The molecule has 2 rings (SSSR count). The van der Waals surface area contributed by atoms with E-state index in [-0.39, 0.29) is 11.9 Å². The molecule has 0 heterocycles. The second-order valence-electron chi connectivity index (χ2n) is 4.48. The Morgan fingerprint density at radius 3 is 2.62 bits per heavy atom. The highest BCUT2D eigenvalue weighted by molar-refractivity contribution is 6.31. The summed E-state index contributed by atoms with van der Waals surface area (Å²) in [5.74, 6) is 0.364. The molecule has 0 radical (unpaired) electrons. The molecular weight excluding hydrogens is 225 g/mol. The number of rotatable bonds is 3. The van der Waals surface area contributed by atoms with Crippen LogP contribution in [0, 0.1) is 11.7 Å². The SMILES string of the molecule is CNC(c1ccc(F)cc1Cl)C1CCCC1. The van der Waals surface area contributed by atoms with Gasteiger partial charge in [0.05, 0.1) is 0 Å². The molecule has 0 aromatic heterocycles. The fraction of sp³-hybridized carbons (Fsp3) is 0.538. The Hall–Kier alpha value is -0.600. The van der Waals surface area contributed by atoms with Crippen molar-refractivity contribution in [1.82, 2.24) is 5.32 Å². The lowest BCUT2D eigenvalue weighted by Gasteiger charge is -2.24. The van der Waals surface area contributed by atoms with Crippen LogP contribution in [-0.2, 0) is 0 Å². The lowest BCUT2D eigenvalue weighted by Crippen LogP contribution is -2.23. The fourth-order valence-electron chi connectivity index (χ4n) is 2.69. The second kappa shape index (κ2) is 5.15. The van der Waals surface area contributed by atoms with Gasteiger partial charge in [0.15, 0.2) is 0 Å². The van der Waals surface area contributed by atoms with Crippen LogP contribution in [0.1, 0.15) is 37.3 Å². The van der Waals surface area contributed by atoms with Gasteiger partial charge in [-0.05, 0) is 43.5 Å². The monoisotopic (exact) mass is 241 g/mol. The Morgan fingerprint density at radius 1 is 1.38 bits per heavy atom. The molecule has 0 aliphatic heterocycles. The third kappa shape index (κ3) is 2.38. The van der Waals surface area contributed by atoms with Gasteiger partial charge in [-0.15, -0.1) is 0 Å². The van der Waals surface area contributed by atoms with Crippen molar-refractivity contribution in [2.24, 2.45) is 5.92 Å². The predicted octanol–water partition coefficient (Wildman–Crippen LogP) is 3.93. The Labute approximate surface area is 101 Å². The van der Waals surface area contributed by atoms with E-state index in [4.69, 9.17) is 11.6 Å². The average molecular weight is 242 g/mol. The summed E-state index contributed by atoms with van der Waals surface area (Å²) in [6, 6.07) is 4.95. The molecule has 1 N–H and O–H groups in total. The van der Waals surface area contributed by atoms with E-state index in [1.54, 1.807) is 6.07 Å². The lowest BCUT2D eigenvalue weighted by atomic mass is 9.92. The minimum absolute atomic E-state index is 0.260. The Bertz CT molecular complexity index is 361. The Kier molecular flexibility index (Phi) is 3.82. The van der Waals surface area contributed by atoms with Gasteiger partial charge < -0.3 is 5.32 Å². The summed E-state index contributed by atoms with van der Waals surface area (Å²) in [5, 5.41) is 3.85. The van der Waals surface area contributed by atoms with Gasteiger partial charge in [-0.2, -0.15) is 0 Å². The summed E-state index contributed by atoms with van der Waals surface area (Å²) in [4.78, 5) is 0. The summed E-state index contributed by atoms with van der Waals surface area (Å²) in [6.45, 7) is 0. The number of hydrogen-bond donors (Lipinski definition) is 1. The molecule has 1 saturated carbocycles. The first-order valence-electron chi connectivity index (χ1n) is 5.84.